The second-order valence-corrected chi connectivity index (χ2v) is 7.21. The molecule has 0 aliphatic carbocycles. The minimum absolute atomic E-state index is 0.0215. The predicted octanol–water partition coefficient (Wildman–Crippen LogP) is 3.97. The van der Waals surface area contributed by atoms with Crippen LogP contribution in [0, 0.1) is 0 Å². The van der Waals surface area contributed by atoms with Crippen LogP contribution in [-0.4, -0.2) is 56.9 Å². The van der Waals surface area contributed by atoms with Crippen LogP contribution in [0.3, 0.4) is 0 Å². The number of carbonyl (C=O) groups is 1. The first-order valence-electron chi connectivity index (χ1n) is 9.28. The number of carbonyl (C=O) groups excluding carboxylic acids is 1. The minimum atomic E-state index is -0.0215. The molecule has 0 aromatic heterocycles. The first-order chi connectivity index (χ1) is 12.9. The van der Waals surface area contributed by atoms with E-state index in [4.69, 9.17) is 4.74 Å². The molecule has 4 nitrogen and oxygen atoms in total. The van der Waals surface area contributed by atoms with Crippen LogP contribution in [0.5, 0.6) is 5.75 Å². The number of hydrogen-bond donors (Lipinski definition) is 0. The zero-order chi connectivity index (χ0) is 19.6. The van der Waals surface area contributed by atoms with E-state index in [1.165, 1.54) is 5.56 Å². The summed E-state index contributed by atoms with van der Waals surface area (Å²) in [6.07, 6.45) is 4.44. The standard InChI is InChI=1S/C23H30N2O2/c1-24(2)14-7-15-27-22-11-6-10-21(17-22)23(26)13-12-19-8-5-9-20(16-19)18-25(3)4/h5-6,8-13,16-17H,7,14-15,18H2,1-4H3/b13-12+. The average molecular weight is 367 g/mol. The third kappa shape index (κ3) is 7.77. The molecule has 2 aromatic carbocycles. The van der Waals surface area contributed by atoms with Gasteiger partial charge in [0.05, 0.1) is 6.61 Å². The Morgan fingerprint density at radius 3 is 2.52 bits per heavy atom. The van der Waals surface area contributed by atoms with Gasteiger partial charge in [-0.25, -0.2) is 0 Å². The molecular formula is C23H30N2O2. The molecule has 0 heterocycles. The first kappa shape index (κ1) is 20.9. The Morgan fingerprint density at radius 1 is 1.00 bits per heavy atom. The van der Waals surface area contributed by atoms with Crippen molar-refractivity contribution in [2.75, 3.05) is 41.3 Å². The molecule has 0 saturated heterocycles. The van der Waals surface area contributed by atoms with Crippen molar-refractivity contribution >= 4 is 11.9 Å². The van der Waals surface area contributed by atoms with Crippen molar-refractivity contribution in [3.63, 3.8) is 0 Å². The van der Waals surface area contributed by atoms with Gasteiger partial charge in [-0.05, 0) is 63.9 Å². The molecule has 4 heteroatoms. The fourth-order valence-corrected chi connectivity index (χ4v) is 2.74. The lowest BCUT2D eigenvalue weighted by molar-refractivity contribution is 0.104. The summed E-state index contributed by atoms with van der Waals surface area (Å²) in [6.45, 7) is 2.50. The Morgan fingerprint density at radius 2 is 1.78 bits per heavy atom. The molecule has 0 amide bonds. The van der Waals surface area contributed by atoms with Gasteiger partial charge in [-0.3, -0.25) is 4.79 Å². The summed E-state index contributed by atoms with van der Waals surface area (Å²) >= 11 is 0. The summed E-state index contributed by atoms with van der Waals surface area (Å²) in [5, 5.41) is 0. The molecular weight excluding hydrogens is 336 g/mol. The summed E-state index contributed by atoms with van der Waals surface area (Å²) in [5.74, 6) is 0.716. The van der Waals surface area contributed by atoms with Gasteiger partial charge in [0, 0.05) is 18.7 Å². The van der Waals surface area contributed by atoms with Crippen LogP contribution < -0.4 is 4.74 Å². The van der Waals surface area contributed by atoms with E-state index in [-0.39, 0.29) is 5.78 Å². The van der Waals surface area contributed by atoms with Gasteiger partial charge >= 0.3 is 0 Å². The molecule has 2 rings (SSSR count). The minimum Gasteiger partial charge on any atom is -0.494 e. The highest BCUT2D eigenvalue weighted by Gasteiger charge is 2.04. The van der Waals surface area contributed by atoms with Gasteiger partial charge in [0.25, 0.3) is 0 Å². The van der Waals surface area contributed by atoms with E-state index >= 15 is 0 Å². The Balaban J connectivity index is 1.97. The van der Waals surface area contributed by atoms with Crippen LogP contribution in [0.25, 0.3) is 6.08 Å². The third-order valence-corrected chi connectivity index (χ3v) is 4.01. The number of nitrogens with zero attached hydrogens (tertiary/aromatic N) is 2. The molecule has 0 aliphatic rings. The SMILES string of the molecule is CN(C)CCCOc1cccc(C(=O)/C=C/c2cccc(CN(C)C)c2)c1. The smallest absolute Gasteiger partial charge is 0.185 e. The fraction of sp³-hybridized carbons (Fsp3) is 0.348. The van der Waals surface area contributed by atoms with Gasteiger partial charge < -0.3 is 14.5 Å². The molecule has 144 valence electrons. The number of hydrogen-bond acceptors (Lipinski definition) is 4. The summed E-state index contributed by atoms with van der Waals surface area (Å²) in [5.41, 5.74) is 2.89. The van der Waals surface area contributed by atoms with Crippen LogP contribution in [0.2, 0.25) is 0 Å². The Kier molecular flexibility index (Phi) is 8.24. The highest BCUT2D eigenvalue weighted by Crippen LogP contribution is 2.15. The predicted molar refractivity (Wildman–Crippen MR) is 112 cm³/mol. The highest BCUT2D eigenvalue weighted by molar-refractivity contribution is 6.07. The second kappa shape index (κ2) is 10.7. The molecule has 0 spiro atoms. The van der Waals surface area contributed by atoms with Gasteiger partial charge in [-0.1, -0.05) is 42.5 Å². The first-order valence-corrected chi connectivity index (χ1v) is 9.28. The van der Waals surface area contributed by atoms with Crippen molar-refractivity contribution in [2.45, 2.75) is 13.0 Å². The molecule has 0 radical (unpaired) electrons. The van der Waals surface area contributed by atoms with E-state index < -0.39 is 0 Å². The van der Waals surface area contributed by atoms with Gasteiger partial charge in [0.2, 0.25) is 0 Å². The van der Waals surface area contributed by atoms with Gasteiger partial charge in [-0.15, -0.1) is 0 Å². The normalized spacial score (nSPS) is 11.5. The van der Waals surface area contributed by atoms with Crippen LogP contribution in [-0.2, 0) is 6.54 Å². The number of allylic oxidation sites excluding steroid dienone is 1. The molecule has 2 aromatic rings. The zero-order valence-corrected chi connectivity index (χ0v) is 16.8. The lowest BCUT2D eigenvalue weighted by atomic mass is 10.1. The topological polar surface area (TPSA) is 32.8 Å². The van der Waals surface area contributed by atoms with Crippen molar-refractivity contribution in [2.24, 2.45) is 0 Å². The van der Waals surface area contributed by atoms with Gasteiger partial charge in [0.15, 0.2) is 5.78 Å². The average Bonchev–Trinajstić information content (AvgIpc) is 2.63. The highest BCUT2D eigenvalue weighted by atomic mass is 16.5. The number of ether oxygens (including phenoxy) is 1. The molecule has 0 aliphatic heterocycles. The van der Waals surface area contributed by atoms with Crippen LogP contribution in [0.15, 0.2) is 54.6 Å². The zero-order valence-electron chi connectivity index (χ0n) is 16.8. The maximum atomic E-state index is 12.5. The van der Waals surface area contributed by atoms with E-state index in [0.717, 1.165) is 30.8 Å². The Bertz CT molecular complexity index is 766. The maximum absolute atomic E-state index is 12.5. The number of rotatable bonds is 10. The maximum Gasteiger partial charge on any atom is 0.185 e. The van der Waals surface area contributed by atoms with E-state index in [9.17, 15) is 4.79 Å². The summed E-state index contributed by atoms with van der Waals surface area (Å²) < 4.78 is 5.76. The summed E-state index contributed by atoms with van der Waals surface area (Å²) in [6, 6.07) is 15.6. The number of benzene rings is 2. The molecule has 0 unspecified atom stereocenters. The van der Waals surface area contributed by atoms with Crippen molar-refractivity contribution < 1.29 is 9.53 Å². The second-order valence-electron chi connectivity index (χ2n) is 7.21. The van der Waals surface area contributed by atoms with E-state index in [1.54, 1.807) is 6.08 Å². The Labute approximate surface area is 163 Å². The lowest BCUT2D eigenvalue weighted by Gasteiger charge is -2.10. The number of ketones is 1. The lowest BCUT2D eigenvalue weighted by Crippen LogP contribution is -2.15. The molecule has 0 fully saturated rings. The van der Waals surface area contributed by atoms with Crippen molar-refractivity contribution in [1.82, 2.24) is 9.80 Å². The van der Waals surface area contributed by atoms with Gasteiger partial charge in [0.1, 0.15) is 5.75 Å². The largest absolute Gasteiger partial charge is 0.494 e. The van der Waals surface area contributed by atoms with Crippen LogP contribution in [0.1, 0.15) is 27.9 Å². The molecule has 0 bridgehead atoms. The molecule has 0 N–H and O–H groups in total. The van der Waals surface area contributed by atoms with Gasteiger partial charge in [-0.2, -0.15) is 0 Å². The van der Waals surface area contributed by atoms with E-state index in [0.29, 0.717) is 12.2 Å². The molecule has 0 atom stereocenters. The summed E-state index contributed by atoms with van der Waals surface area (Å²) in [7, 11) is 8.17. The van der Waals surface area contributed by atoms with Crippen molar-refractivity contribution in [3.05, 3.63) is 71.3 Å². The fourth-order valence-electron chi connectivity index (χ4n) is 2.74. The van der Waals surface area contributed by atoms with Crippen LogP contribution >= 0.6 is 0 Å². The third-order valence-electron chi connectivity index (χ3n) is 4.01. The molecule has 0 saturated carbocycles. The van der Waals surface area contributed by atoms with E-state index in [2.05, 4.69) is 21.9 Å². The monoisotopic (exact) mass is 366 g/mol. The van der Waals surface area contributed by atoms with Crippen LogP contribution in [0.4, 0.5) is 0 Å². The quantitative estimate of drug-likeness (QED) is 0.362. The van der Waals surface area contributed by atoms with Crippen molar-refractivity contribution in [3.8, 4) is 5.75 Å². The van der Waals surface area contributed by atoms with E-state index in [1.807, 2.05) is 70.7 Å². The Hall–Kier alpha value is -2.43. The molecule has 27 heavy (non-hydrogen) atoms. The summed E-state index contributed by atoms with van der Waals surface area (Å²) in [4.78, 5) is 16.7. The van der Waals surface area contributed by atoms with Crippen molar-refractivity contribution in [1.29, 1.82) is 0 Å².